The molecule has 4 heteroatoms. The molecule has 4 nitrogen and oxygen atoms in total. The molecule has 0 radical (unpaired) electrons. The highest BCUT2D eigenvalue weighted by molar-refractivity contribution is 6.01. The Hall–Kier alpha value is -2.28. The van der Waals surface area contributed by atoms with Crippen molar-refractivity contribution in [3.63, 3.8) is 0 Å². The Bertz CT molecular complexity index is 535. The maximum atomic E-state index is 12.1. The number of hydrogen-bond acceptors (Lipinski definition) is 3. The van der Waals surface area contributed by atoms with Crippen molar-refractivity contribution in [2.45, 2.75) is 38.1 Å². The molecular weight excluding hydrogens is 252 g/mol. The van der Waals surface area contributed by atoms with Crippen LogP contribution in [0.1, 0.15) is 37.7 Å². The number of phenolic OH excluding ortho intramolecular Hbond substituents is 1. The van der Waals surface area contributed by atoms with Crippen LogP contribution in [0.15, 0.2) is 29.8 Å². The van der Waals surface area contributed by atoms with Crippen molar-refractivity contribution in [3.05, 3.63) is 35.4 Å². The normalized spacial score (nSPS) is 16.4. The van der Waals surface area contributed by atoms with E-state index >= 15 is 0 Å². The fraction of sp³-hybridized carbons (Fsp3) is 0.375. The second-order valence-corrected chi connectivity index (χ2v) is 5.07. The predicted octanol–water partition coefficient (Wildman–Crippen LogP) is 2.75. The highest BCUT2D eigenvalue weighted by Crippen LogP contribution is 2.18. The molecule has 0 spiro atoms. The molecule has 1 aliphatic carbocycles. The summed E-state index contributed by atoms with van der Waals surface area (Å²) < 4.78 is 0. The molecule has 1 fully saturated rings. The minimum Gasteiger partial charge on any atom is -0.508 e. The number of nitrogens with zero attached hydrogens (tertiary/aromatic N) is 1. The molecule has 1 saturated carbocycles. The molecule has 0 unspecified atom stereocenters. The van der Waals surface area contributed by atoms with Crippen LogP contribution in [0.2, 0.25) is 0 Å². The number of nitrogens with one attached hydrogen (secondary N) is 1. The van der Waals surface area contributed by atoms with Crippen LogP contribution < -0.4 is 5.32 Å². The van der Waals surface area contributed by atoms with E-state index in [1.54, 1.807) is 12.1 Å². The highest BCUT2D eigenvalue weighted by Gasteiger charge is 2.17. The smallest absolute Gasteiger partial charge is 0.262 e. The zero-order chi connectivity index (χ0) is 14.4. The maximum Gasteiger partial charge on any atom is 0.262 e. The Balaban J connectivity index is 2.05. The molecule has 0 aliphatic heterocycles. The van der Waals surface area contributed by atoms with Crippen molar-refractivity contribution in [3.8, 4) is 11.8 Å². The summed E-state index contributed by atoms with van der Waals surface area (Å²) in [6.07, 6.45) is 7.01. The second kappa shape index (κ2) is 6.76. The third-order valence-electron chi connectivity index (χ3n) is 3.51. The molecular formula is C16H18N2O2. The van der Waals surface area contributed by atoms with Crippen molar-refractivity contribution in [2.75, 3.05) is 0 Å². The minimum absolute atomic E-state index is 0.0984. The van der Waals surface area contributed by atoms with Crippen molar-refractivity contribution >= 4 is 12.0 Å². The summed E-state index contributed by atoms with van der Waals surface area (Å²) in [4.78, 5) is 12.1. The molecule has 2 N–H and O–H groups in total. The van der Waals surface area contributed by atoms with E-state index in [4.69, 9.17) is 5.26 Å². The fourth-order valence-corrected chi connectivity index (χ4v) is 2.40. The first-order valence-corrected chi connectivity index (χ1v) is 6.91. The first kappa shape index (κ1) is 14.1. The number of hydrogen-bond donors (Lipinski definition) is 2. The molecule has 20 heavy (non-hydrogen) atoms. The van der Waals surface area contributed by atoms with Crippen molar-refractivity contribution < 1.29 is 9.90 Å². The number of carbonyl (C=O) groups is 1. The molecule has 0 bridgehead atoms. The average Bonchev–Trinajstić information content (AvgIpc) is 2.47. The van der Waals surface area contributed by atoms with Crippen LogP contribution in [0, 0.1) is 11.3 Å². The minimum atomic E-state index is -0.313. The Morgan fingerprint density at radius 2 is 1.90 bits per heavy atom. The quantitative estimate of drug-likeness (QED) is 0.655. The van der Waals surface area contributed by atoms with Gasteiger partial charge < -0.3 is 10.4 Å². The Kier molecular flexibility index (Phi) is 4.78. The van der Waals surface area contributed by atoms with Gasteiger partial charge in [-0.05, 0) is 36.6 Å². The topological polar surface area (TPSA) is 73.1 Å². The van der Waals surface area contributed by atoms with Gasteiger partial charge in [0.25, 0.3) is 5.91 Å². The number of rotatable bonds is 3. The molecule has 0 heterocycles. The van der Waals surface area contributed by atoms with Gasteiger partial charge in [0.05, 0.1) is 0 Å². The summed E-state index contributed by atoms with van der Waals surface area (Å²) in [5, 5.41) is 21.2. The molecule has 2 rings (SSSR count). The molecule has 0 saturated heterocycles. The Morgan fingerprint density at radius 3 is 2.50 bits per heavy atom. The van der Waals surface area contributed by atoms with E-state index in [0.29, 0.717) is 0 Å². The SMILES string of the molecule is N#C/C(=C/c1ccc(O)cc1)C(=O)NC1CCCCC1. The van der Waals surface area contributed by atoms with Crippen molar-refractivity contribution in [1.82, 2.24) is 5.32 Å². The summed E-state index contributed by atoms with van der Waals surface area (Å²) in [5.41, 5.74) is 0.819. The Morgan fingerprint density at radius 1 is 1.25 bits per heavy atom. The lowest BCUT2D eigenvalue weighted by Crippen LogP contribution is -2.36. The lowest BCUT2D eigenvalue weighted by atomic mass is 9.95. The van der Waals surface area contributed by atoms with Gasteiger partial charge in [-0.2, -0.15) is 5.26 Å². The van der Waals surface area contributed by atoms with Crippen LogP contribution in [0.5, 0.6) is 5.75 Å². The van der Waals surface area contributed by atoms with Crippen LogP contribution in [-0.2, 0) is 4.79 Å². The van der Waals surface area contributed by atoms with E-state index < -0.39 is 0 Å². The van der Waals surface area contributed by atoms with Crippen LogP contribution in [0.4, 0.5) is 0 Å². The van der Waals surface area contributed by atoms with Crippen molar-refractivity contribution in [1.29, 1.82) is 5.26 Å². The molecule has 1 amide bonds. The van der Waals surface area contributed by atoms with E-state index in [9.17, 15) is 9.90 Å². The maximum absolute atomic E-state index is 12.1. The monoisotopic (exact) mass is 270 g/mol. The summed E-state index contributed by atoms with van der Waals surface area (Å²) in [6, 6.07) is 8.52. The number of phenols is 1. The number of nitriles is 1. The summed E-state index contributed by atoms with van der Waals surface area (Å²) in [6.45, 7) is 0. The van der Waals surface area contributed by atoms with Gasteiger partial charge in [-0.3, -0.25) is 4.79 Å². The van der Waals surface area contributed by atoms with Gasteiger partial charge in [0, 0.05) is 6.04 Å². The van der Waals surface area contributed by atoms with Gasteiger partial charge in [-0.25, -0.2) is 0 Å². The molecule has 1 aromatic carbocycles. The van der Waals surface area contributed by atoms with Gasteiger partial charge >= 0.3 is 0 Å². The molecule has 1 aromatic rings. The predicted molar refractivity (Wildman–Crippen MR) is 76.7 cm³/mol. The zero-order valence-electron chi connectivity index (χ0n) is 11.3. The van der Waals surface area contributed by atoms with Crippen LogP contribution in [0.3, 0.4) is 0 Å². The number of amides is 1. The van der Waals surface area contributed by atoms with Crippen LogP contribution in [-0.4, -0.2) is 17.1 Å². The van der Waals surface area contributed by atoms with Gasteiger partial charge in [0.15, 0.2) is 0 Å². The molecule has 104 valence electrons. The largest absolute Gasteiger partial charge is 0.508 e. The Labute approximate surface area is 118 Å². The van der Waals surface area contributed by atoms with Gasteiger partial charge in [0.2, 0.25) is 0 Å². The van der Waals surface area contributed by atoms with E-state index in [1.807, 2.05) is 6.07 Å². The van der Waals surface area contributed by atoms with E-state index in [1.165, 1.54) is 24.6 Å². The lowest BCUT2D eigenvalue weighted by Gasteiger charge is -2.22. The van der Waals surface area contributed by atoms with Crippen LogP contribution >= 0.6 is 0 Å². The summed E-state index contributed by atoms with van der Waals surface area (Å²) in [7, 11) is 0. The third-order valence-corrected chi connectivity index (χ3v) is 3.51. The highest BCUT2D eigenvalue weighted by atomic mass is 16.3. The first-order valence-electron chi connectivity index (χ1n) is 6.91. The van der Waals surface area contributed by atoms with E-state index in [-0.39, 0.29) is 23.3 Å². The van der Waals surface area contributed by atoms with Gasteiger partial charge in [-0.15, -0.1) is 0 Å². The van der Waals surface area contributed by atoms with Gasteiger partial charge in [0.1, 0.15) is 17.4 Å². The first-order chi connectivity index (χ1) is 9.69. The molecule has 0 atom stereocenters. The average molecular weight is 270 g/mol. The second-order valence-electron chi connectivity index (χ2n) is 5.07. The third kappa shape index (κ3) is 3.86. The molecule has 1 aliphatic rings. The fourth-order valence-electron chi connectivity index (χ4n) is 2.40. The summed E-state index contributed by atoms with van der Waals surface area (Å²) >= 11 is 0. The number of benzene rings is 1. The van der Waals surface area contributed by atoms with E-state index in [0.717, 1.165) is 31.2 Å². The van der Waals surface area contributed by atoms with Crippen LogP contribution in [0.25, 0.3) is 6.08 Å². The number of carbonyl (C=O) groups excluding carboxylic acids is 1. The van der Waals surface area contributed by atoms with E-state index in [2.05, 4.69) is 5.32 Å². The lowest BCUT2D eigenvalue weighted by molar-refractivity contribution is -0.117. The van der Waals surface area contributed by atoms with Gasteiger partial charge in [-0.1, -0.05) is 31.4 Å². The standard InChI is InChI=1S/C16H18N2O2/c17-11-13(10-12-6-8-15(19)9-7-12)16(20)18-14-4-2-1-3-5-14/h6-10,14,19H,1-5H2,(H,18,20)/b13-10-. The summed E-state index contributed by atoms with van der Waals surface area (Å²) in [5.74, 6) is -0.153. The van der Waals surface area contributed by atoms with Crippen molar-refractivity contribution in [2.24, 2.45) is 0 Å². The molecule has 0 aromatic heterocycles. The number of aromatic hydroxyl groups is 1. The zero-order valence-corrected chi connectivity index (χ0v) is 11.3.